The smallest absolute Gasteiger partial charge is 0.344 e. The van der Waals surface area contributed by atoms with Gasteiger partial charge in [0.25, 0.3) is 0 Å². The highest BCUT2D eigenvalue weighted by atomic mass is 19.1. The largest absolute Gasteiger partial charge is 0.497 e. The van der Waals surface area contributed by atoms with E-state index in [2.05, 4.69) is 5.32 Å². The number of hydrogen-bond donors (Lipinski definition) is 3. The van der Waals surface area contributed by atoms with Gasteiger partial charge < -0.3 is 25.9 Å². The minimum atomic E-state index is -0.920. The molecule has 0 spiro atoms. The summed E-state index contributed by atoms with van der Waals surface area (Å²) >= 11 is 0. The number of methoxy groups -OCH3 is 1. The number of carbonyl (C=O) groups excluding carboxylic acids is 2. The molecule has 0 fully saturated rings. The Bertz CT molecular complexity index is 701. The van der Waals surface area contributed by atoms with E-state index in [9.17, 15) is 14.0 Å². The van der Waals surface area contributed by atoms with Crippen molar-refractivity contribution in [3.8, 4) is 5.75 Å². The molecule has 0 aromatic heterocycles. The third-order valence-electron chi connectivity index (χ3n) is 3.22. The van der Waals surface area contributed by atoms with Crippen molar-refractivity contribution in [3.05, 3.63) is 41.0 Å². The van der Waals surface area contributed by atoms with Gasteiger partial charge in [-0.1, -0.05) is 6.92 Å². The molecule has 1 rings (SSSR count). The number of ketones is 1. The summed E-state index contributed by atoms with van der Waals surface area (Å²) in [6.45, 7) is 3.14. The number of Topliss-reactive ketones (excluding diaryl/α,β-unsaturated/α-hetero) is 1. The van der Waals surface area contributed by atoms with E-state index in [0.717, 1.165) is 12.5 Å². The van der Waals surface area contributed by atoms with E-state index in [0.29, 0.717) is 6.54 Å². The van der Waals surface area contributed by atoms with Gasteiger partial charge in [-0.2, -0.15) is 0 Å². The van der Waals surface area contributed by atoms with Gasteiger partial charge >= 0.3 is 5.97 Å². The molecule has 0 amide bonds. The summed E-state index contributed by atoms with van der Waals surface area (Å²) in [6.07, 6.45) is 0.773. The molecule has 0 unspecified atom stereocenters. The fourth-order valence-corrected chi connectivity index (χ4v) is 1.94. The summed E-state index contributed by atoms with van der Waals surface area (Å²) in [6, 6.07) is 3.74. The zero-order valence-corrected chi connectivity index (χ0v) is 14.4. The van der Waals surface area contributed by atoms with Crippen molar-refractivity contribution in [2.24, 2.45) is 5.73 Å². The van der Waals surface area contributed by atoms with Gasteiger partial charge in [0.1, 0.15) is 23.0 Å². The lowest BCUT2D eigenvalue weighted by atomic mass is 10.1. The molecule has 0 saturated carbocycles. The van der Waals surface area contributed by atoms with E-state index in [-0.39, 0.29) is 28.4 Å². The summed E-state index contributed by atoms with van der Waals surface area (Å²) in [5, 5.41) is 10.4. The van der Waals surface area contributed by atoms with Crippen LogP contribution in [0, 0.1) is 11.2 Å². The Morgan fingerprint density at radius 1 is 1.36 bits per heavy atom. The molecule has 1 aromatic carbocycles. The highest BCUT2D eigenvalue weighted by molar-refractivity contribution is 6.18. The van der Waals surface area contributed by atoms with E-state index in [1.807, 2.05) is 6.92 Å². The molecular weight excluding hydrogens is 329 g/mol. The second kappa shape index (κ2) is 9.41. The first-order chi connectivity index (χ1) is 11.8. The molecular formula is C17H22FN3O4. The van der Waals surface area contributed by atoms with Crippen molar-refractivity contribution in [2.75, 3.05) is 20.3 Å². The molecule has 4 N–H and O–H groups in total. The first-order valence-electron chi connectivity index (χ1n) is 7.64. The molecule has 136 valence electrons. The van der Waals surface area contributed by atoms with Crippen molar-refractivity contribution in [3.63, 3.8) is 0 Å². The summed E-state index contributed by atoms with van der Waals surface area (Å²) in [5.41, 5.74) is 5.27. The van der Waals surface area contributed by atoms with E-state index < -0.39 is 24.2 Å². The number of rotatable bonds is 9. The molecule has 0 aliphatic carbocycles. The molecule has 0 saturated heterocycles. The minimum Gasteiger partial charge on any atom is -0.497 e. The average Bonchev–Trinajstić information content (AvgIpc) is 2.57. The van der Waals surface area contributed by atoms with Crippen molar-refractivity contribution in [1.29, 1.82) is 5.41 Å². The fourth-order valence-electron chi connectivity index (χ4n) is 1.94. The van der Waals surface area contributed by atoms with Gasteiger partial charge in [-0.25, -0.2) is 9.18 Å². The van der Waals surface area contributed by atoms with Gasteiger partial charge in [-0.3, -0.25) is 4.79 Å². The molecule has 7 nitrogen and oxygen atoms in total. The van der Waals surface area contributed by atoms with Crippen LogP contribution >= 0.6 is 0 Å². The predicted octanol–water partition coefficient (Wildman–Crippen LogP) is 1.77. The Morgan fingerprint density at radius 3 is 2.56 bits per heavy atom. The van der Waals surface area contributed by atoms with Crippen LogP contribution in [0.25, 0.3) is 0 Å². The zero-order chi connectivity index (χ0) is 19.0. The minimum absolute atomic E-state index is 0.00225. The van der Waals surface area contributed by atoms with Gasteiger partial charge in [-0.15, -0.1) is 0 Å². The highest BCUT2D eigenvalue weighted by Crippen LogP contribution is 2.17. The van der Waals surface area contributed by atoms with Crippen molar-refractivity contribution in [1.82, 2.24) is 5.32 Å². The number of nitrogens with one attached hydrogen (secondary N) is 2. The Hall–Kier alpha value is -2.90. The number of esters is 1. The van der Waals surface area contributed by atoms with Crippen LogP contribution in [0.2, 0.25) is 0 Å². The van der Waals surface area contributed by atoms with Crippen LogP contribution in [0.4, 0.5) is 4.39 Å². The SMILES string of the molecule is CCCN/C(N)=C(\C(C)=N)C(=O)OCC(=O)c1ccc(OC)cc1F. The maximum atomic E-state index is 13.9. The summed E-state index contributed by atoms with van der Waals surface area (Å²) in [4.78, 5) is 24.1. The van der Waals surface area contributed by atoms with Gasteiger partial charge in [-0.05, 0) is 25.5 Å². The normalized spacial score (nSPS) is 11.4. The van der Waals surface area contributed by atoms with Crippen LogP contribution in [0.5, 0.6) is 5.75 Å². The third kappa shape index (κ3) is 5.59. The van der Waals surface area contributed by atoms with Gasteiger partial charge in [0.15, 0.2) is 6.61 Å². The molecule has 1 aromatic rings. The highest BCUT2D eigenvalue weighted by Gasteiger charge is 2.20. The monoisotopic (exact) mass is 351 g/mol. The Labute approximate surface area is 145 Å². The molecule has 0 radical (unpaired) electrons. The van der Waals surface area contributed by atoms with Crippen LogP contribution in [-0.2, 0) is 9.53 Å². The van der Waals surface area contributed by atoms with E-state index in [4.69, 9.17) is 20.6 Å². The standard InChI is InChI=1S/C17H22FN3O4/c1-4-7-21-16(20)15(10(2)19)17(23)25-9-14(22)12-6-5-11(24-3)8-13(12)18/h5-6,8,19,21H,4,7,9,20H2,1-3H3/b16-15+,19-10?. The second-order valence-electron chi connectivity index (χ2n) is 5.19. The number of carbonyl (C=O) groups is 2. The lowest BCUT2D eigenvalue weighted by Gasteiger charge is -2.12. The summed E-state index contributed by atoms with van der Waals surface area (Å²) in [5.74, 6) is -2.14. The predicted molar refractivity (Wildman–Crippen MR) is 91.1 cm³/mol. The van der Waals surface area contributed by atoms with Gasteiger partial charge in [0.05, 0.1) is 12.7 Å². The Morgan fingerprint density at radius 2 is 2.04 bits per heavy atom. The molecule has 0 aliphatic rings. The van der Waals surface area contributed by atoms with Crippen LogP contribution in [-0.4, -0.2) is 37.7 Å². The molecule has 0 heterocycles. The van der Waals surface area contributed by atoms with Crippen LogP contribution < -0.4 is 15.8 Å². The van der Waals surface area contributed by atoms with Crippen LogP contribution in [0.15, 0.2) is 29.6 Å². The third-order valence-corrected chi connectivity index (χ3v) is 3.22. The number of halogens is 1. The van der Waals surface area contributed by atoms with Crippen LogP contribution in [0.1, 0.15) is 30.6 Å². The fraction of sp³-hybridized carbons (Fsp3) is 0.353. The summed E-state index contributed by atoms with van der Waals surface area (Å²) < 4.78 is 23.6. The number of nitrogens with two attached hydrogens (primary N) is 1. The van der Waals surface area contributed by atoms with E-state index in [1.54, 1.807) is 0 Å². The zero-order valence-electron chi connectivity index (χ0n) is 14.4. The summed E-state index contributed by atoms with van der Waals surface area (Å²) in [7, 11) is 1.38. The quantitative estimate of drug-likeness (QED) is 0.270. The number of benzene rings is 1. The van der Waals surface area contributed by atoms with Gasteiger partial charge in [0, 0.05) is 18.3 Å². The molecule has 25 heavy (non-hydrogen) atoms. The van der Waals surface area contributed by atoms with E-state index in [1.165, 1.54) is 26.2 Å². The second-order valence-corrected chi connectivity index (χ2v) is 5.19. The Kier molecular flexibility index (Phi) is 7.58. The van der Waals surface area contributed by atoms with Crippen LogP contribution in [0.3, 0.4) is 0 Å². The van der Waals surface area contributed by atoms with Crippen molar-refractivity contribution in [2.45, 2.75) is 20.3 Å². The molecule has 0 aliphatic heterocycles. The van der Waals surface area contributed by atoms with E-state index >= 15 is 0 Å². The maximum Gasteiger partial charge on any atom is 0.344 e. The molecule has 8 heteroatoms. The maximum absolute atomic E-state index is 13.9. The van der Waals surface area contributed by atoms with Crippen molar-refractivity contribution >= 4 is 17.5 Å². The molecule has 0 atom stereocenters. The van der Waals surface area contributed by atoms with Crippen molar-refractivity contribution < 1.29 is 23.5 Å². The molecule has 0 bridgehead atoms. The first kappa shape index (κ1) is 20.1. The number of hydrogen-bond acceptors (Lipinski definition) is 7. The first-order valence-corrected chi connectivity index (χ1v) is 7.64. The lowest BCUT2D eigenvalue weighted by molar-refractivity contribution is -0.137. The number of ether oxygens (including phenoxy) is 2. The Balaban J connectivity index is 2.83. The average molecular weight is 351 g/mol. The van der Waals surface area contributed by atoms with Gasteiger partial charge in [0.2, 0.25) is 5.78 Å². The topological polar surface area (TPSA) is 115 Å². The lowest BCUT2D eigenvalue weighted by Crippen LogP contribution is -2.29.